The Kier molecular flexibility index (Phi) is 22.4. The molecule has 1 unspecified atom stereocenters. The van der Waals surface area contributed by atoms with Gasteiger partial charge < -0.3 is 10.4 Å². The van der Waals surface area contributed by atoms with Crippen molar-refractivity contribution in [2.24, 2.45) is 11.1 Å². The van der Waals surface area contributed by atoms with Gasteiger partial charge in [-0.1, -0.05) is 49.6 Å². The monoisotopic (exact) mass is 694 g/mol. The van der Waals surface area contributed by atoms with Gasteiger partial charge in [0.2, 0.25) is 0 Å². The fourth-order valence-electron chi connectivity index (χ4n) is 3.93. The highest BCUT2D eigenvalue weighted by atomic mass is 16.3. The molecule has 2 aromatic carbocycles. The van der Waals surface area contributed by atoms with Crippen LogP contribution in [-0.2, 0) is 0 Å². The third-order valence-corrected chi connectivity index (χ3v) is 6.00. The third-order valence-electron chi connectivity index (χ3n) is 6.00. The van der Waals surface area contributed by atoms with Gasteiger partial charge >= 0.3 is 0 Å². The number of rotatable bonds is 6. The highest BCUT2D eigenvalue weighted by Gasteiger charge is 2.12. The molecule has 1 heterocycles. The summed E-state index contributed by atoms with van der Waals surface area (Å²) in [7, 11) is 0. The molecule has 0 aliphatic heterocycles. The van der Waals surface area contributed by atoms with Gasteiger partial charge in [-0.05, 0) is 162 Å². The first-order valence-corrected chi connectivity index (χ1v) is 15.4. The van der Waals surface area contributed by atoms with Gasteiger partial charge in [0.25, 0.3) is 0 Å². The number of nitrogens with zero attached hydrogens (tertiary/aromatic N) is 2. The van der Waals surface area contributed by atoms with E-state index < -0.39 is 0 Å². The minimum Gasteiger partial charge on any atom is -0.507 e. The van der Waals surface area contributed by atoms with Crippen molar-refractivity contribution >= 4 is 5.69 Å². The predicted octanol–water partition coefficient (Wildman–Crippen LogP) is 9.03. The van der Waals surface area contributed by atoms with Gasteiger partial charge in [0.15, 0.2) is 0 Å². The summed E-state index contributed by atoms with van der Waals surface area (Å²) in [5.41, 5.74) is 6.17. The molecule has 52 heavy (non-hydrogen) atoms. The lowest BCUT2D eigenvalue weighted by Gasteiger charge is -2.20. The highest BCUT2D eigenvalue weighted by molar-refractivity contribution is 5.69. The largest absolute Gasteiger partial charge is 0.507 e. The summed E-state index contributed by atoms with van der Waals surface area (Å²) in [6, 6.07) is 16.9. The van der Waals surface area contributed by atoms with Crippen LogP contribution in [0, 0.1) is 150 Å². The zero-order valence-electron chi connectivity index (χ0n) is 29.2. The number of anilines is 1. The smallest absolute Gasteiger partial charge is 0.121 e. The quantitative estimate of drug-likeness (QED) is 0.104. The van der Waals surface area contributed by atoms with Crippen LogP contribution in [0.3, 0.4) is 0 Å². The summed E-state index contributed by atoms with van der Waals surface area (Å²) in [5.74, 6) is 56.2. The fourth-order valence-corrected chi connectivity index (χ4v) is 3.93. The highest BCUT2D eigenvalue weighted by Crippen LogP contribution is 2.31. The molecule has 4 N–H and O–H groups in total. The minimum atomic E-state index is 0. The van der Waals surface area contributed by atoms with Gasteiger partial charge in [-0.15, -0.1) is 11.3 Å². The van der Waals surface area contributed by atoms with Gasteiger partial charge in [0.1, 0.15) is 5.75 Å². The van der Waals surface area contributed by atoms with Crippen LogP contribution in [0.1, 0.15) is 65.1 Å². The van der Waals surface area contributed by atoms with Crippen molar-refractivity contribution in [3.63, 3.8) is 0 Å². The molecule has 0 aliphatic carbocycles. The number of nitroso groups, excluding NO2 is 1. The Labute approximate surface area is 324 Å². The van der Waals surface area contributed by atoms with E-state index in [1.807, 2.05) is 44.4 Å². The zero-order valence-corrected chi connectivity index (χ0v) is 29.2. The van der Waals surface area contributed by atoms with Gasteiger partial charge in [-0.25, -0.2) is 0 Å². The summed E-state index contributed by atoms with van der Waals surface area (Å²) in [6.45, 7) is 7.75. The number of phenols is 1. The summed E-state index contributed by atoms with van der Waals surface area (Å²) in [4.78, 5) is 12.8. The van der Waals surface area contributed by atoms with Crippen molar-refractivity contribution in [3.8, 4) is 148 Å². The molecule has 0 fully saturated rings. The third kappa shape index (κ3) is 18.8. The molecule has 0 saturated heterocycles. The molecule has 0 radical (unpaired) electrons. The van der Waals surface area contributed by atoms with Crippen molar-refractivity contribution < 1.29 is 20.8 Å². The number of nitrogens with two attached hydrogens (primary N) is 1. The molecule has 0 bridgehead atoms. The second-order valence-corrected chi connectivity index (χ2v) is 9.69. The molecule has 270 valence electrons. The topological polar surface area (TPSA) is 101 Å². The fraction of sp³-hybridized carbons (Fsp3) is 0.152. The molecule has 0 saturated carbocycles. The first kappa shape index (κ1) is 41.8. The summed E-state index contributed by atoms with van der Waals surface area (Å²) < 4.78 is 0. The average molecular weight is 695 g/mol. The average Bonchev–Trinajstić information content (AvgIpc) is 3.15. The van der Waals surface area contributed by atoms with E-state index in [-0.39, 0.29) is 21.7 Å². The molecule has 1 aromatic heterocycles. The van der Waals surface area contributed by atoms with E-state index in [1.54, 1.807) is 12.2 Å². The van der Waals surface area contributed by atoms with Crippen LogP contribution in [0.4, 0.5) is 5.69 Å². The molecule has 0 spiro atoms. The molecule has 6 heteroatoms. The molecular formula is C46H54N4O2. The molecule has 1 atom stereocenters. The Morgan fingerprint density at radius 2 is 1.19 bits per heavy atom. The number of pyridine rings is 1. The molecule has 3 rings (SSSR count). The number of benzene rings is 2. The van der Waals surface area contributed by atoms with E-state index in [2.05, 4.69) is 178 Å². The van der Waals surface area contributed by atoms with Crippen molar-refractivity contribution in [3.05, 3.63) is 82.5 Å². The second-order valence-electron chi connectivity index (χ2n) is 9.69. The predicted molar refractivity (Wildman–Crippen MR) is 234 cm³/mol. The first-order chi connectivity index (χ1) is 25.4. The standard InChI is InChI=1S/C23H26N2O.C23H4.H2N2O.11H2/c1-4-8-22(18-9-6-5-7-10-18)25-21-13-20(14-24-15-21)19-11-16(2)23(26)17(3)12-19;1-3-5-7-9-11-13-15-17-19-21-23-22-20-18-16-14-12-10-8-6-4-2;1-2-3;;;;;;;;;;;/h5-7,9-15,22,25-26H,4,8H2,1-3H3;1H,2H3;(H2,1,3);11*1H. The number of hydrogen-bond donors (Lipinski definition) is 3. The number of aryl methyl sites for hydroxylation is 2. The zero-order chi connectivity index (χ0) is 38.1. The molecule has 6 nitrogen and oxygen atoms in total. The van der Waals surface area contributed by atoms with Crippen molar-refractivity contribution in [1.29, 1.82) is 0 Å². The van der Waals surface area contributed by atoms with E-state index in [1.165, 1.54) is 5.56 Å². The van der Waals surface area contributed by atoms with Gasteiger partial charge in [-0.2, -0.15) is 0 Å². The van der Waals surface area contributed by atoms with Gasteiger partial charge in [0, 0.05) is 62.6 Å². The lowest BCUT2D eigenvalue weighted by molar-refractivity contribution is 0.467. The van der Waals surface area contributed by atoms with Crippen LogP contribution >= 0.6 is 0 Å². The van der Waals surface area contributed by atoms with Crippen LogP contribution in [0.5, 0.6) is 5.75 Å². The van der Waals surface area contributed by atoms with Gasteiger partial charge in [0.05, 0.1) is 11.7 Å². The van der Waals surface area contributed by atoms with Crippen molar-refractivity contribution in [2.45, 2.75) is 46.6 Å². The van der Waals surface area contributed by atoms with Crippen molar-refractivity contribution in [1.82, 2.24) is 4.98 Å². The SMILES string of the molecule is C#CC#CC#CC#CC#CC#CC#CC#CC#CC#CC#CC.CCCC(Nc1cncc(-c2cc(C)c(O)c(C)c2)c1)c1ccccc1.NN=O.[HH].[HH].[HH].[HH].[HH].[HH].[HH].[HH].[HH].[HH].[HH]. The molecular weight excluding hydrogens is 641 g/mol. The second kappa shape index (κ2) is 27.8. The maximum absolute atomic E-state index is 10.0. The van der Waals surface area contributed by atoms with Crippen LogP contribution in [0.15, 0.2) is 66.2 Å². The Morgan fingerprint density at radius 1 is 0.750 bits per heavy atom. The number of aromatic nitrogens is 1. The van der Waals surface area contributed by atoms with Crippen LogP contribution in [0.25, 0.3) is 11.1 Å². The van der Waals surface area contributed by atoms with E-state index in [4.69, 9.17) is 11.3 Å². The van der Waals surface area contributed by atoms with E-state index >= 15 is 0 Å². The van der Waals surface area contributed by atoms with Crippen LogP contribution in [-0.4, -0.2) is 10.1 Å². The lowest BCUT2D eigenvalue weighted by Crippen LogP contribution is -2.10. The number of nitrogens with one attached hydrogen (secondary N) is 1. The van der Waals surface area contributed by atoms with Crippen molar-refractivity contribution in [2.75, 3.05) is 5.32 Å². The number of phenolic OH excluding ortho intramolecular Hbond substituents is 1. The summed E-state index contributed by atoms with van der Waals surface area (Å²) >= 11 is 0. The number of hydrogen-bond acceptors (Lipinski definition) is 5. The van der Waals surface area contributed by atoms with Gasteiger partial charge in [-0.3, -0.25) is 10.8 Å². The van der Waals surface area contributed by atoms with E-state index in [0.29, 0.717) is 5.75 Å². The number of terminal acetylenes is 1. The Balaban J connectivity index is -0.0000000774. The Morgan fingerprint density at radius 3 is 1.62 bits per heavy atom. The Hall–Kier alpha value is -8.25. The van der Waals surface area contributed by atoms with E-state index in [9.17, 15) is 5.11 Å². The summed E-state index contributed by atoms with van der Waals surface area (Å²) in [5, 5.41) is 15.4. The minimum absolute atomic E-state index is 0. The van der Waals surface area contributed by atoms with Crippen LogP contribution < -0.4 is 11.2 Å². The molecule has 0 aliphatic rings. The maximum atomic E-state index is 10.0. The van der Waals surface area contributed by atoms with Crippen LogP contribution in [0.2, 0.25) is 0 Å². The lowest BCUT2D eigenvalue weighted by atomic mass is 10.00. The molecule has 0 amide bonds. The van der Waals surface area contributed by atoms with E-state index in [0.717, 1.165) is 40.8 Å². The Bertz CT molecular complexity index is 2410. The first-order valence-electron chi connectivity index (χ1n) is 15.4. The molecule has 3 aromatic rings. The normalized spacial score (nSPS) is 7.90. The maximum Gasteiger partial charge on any atom is 0.121 e. The summed E-state index contributed by atoms with van der Waals surface area (Å²) in [6.07, 6.45) is 10.8. The number of aromatic hydroxyl groups is 1.